The number of halogens is 1. The van der Waals surface area contributed by atoms with Crippen LogP contribution in [0.3, 0.4) is 0 Å². The monoisotopic (exact) mass is 294 g/mol. The van der Waals surface area contributed by atoms with Gasteiger partial charge in [0.05, 0.1) is 5.69 Å². The minimum Gasteiger partial charge on any atom is -0.326 e. The molecular weight excluding hydrogens is 279 g/mol. The molecule has 0 amide bonds. The molecule has 0 atom stereocenters. The molecule has 2 aromatic rings. The van der Waals surface area contributed by atoms with Crippen LogP contribution in [0.1, 0.15) is 11.1 Å². The predicted octanol–water partition coefficient (Wildman–Crippen LogP) is 2.39. The van der Waals surface area contributed by atoms with E-state index in [1.807, 2.05) is 13.0 Å². The van der Waals surface area contributed by atoms with E-state index in [9.17, 15) is 12.8 Å². The second-order valence-corrected chi connectivity index (χ2v) is 5.99. The van der Waals surface area contributed by atoms with Gasteiger partial charge in [0.2, 0.25) is 0 Å². The summed E-state index contributed by atoms with van der Waals surface area (Å²) in [5.41, 5.74) is 7.56. The van der Waals surface area contributed by atoms with Crippen LogP contribution in [-0.2, 0) is 16.6 Å². The third-order valence-corrected chi connectivity index (χ3v) is 4.38. The Bertz CT molecular complexity index is 730. The average molecular weight is 294 g/mol. The van der Waals surface area contributed by atoms with Gasteiger partial charge < -0.3 is 5.73 Å². The van der Waals surface area contributed by atoms with Crippen molar-refractivity contribution < 1.29 is 12.8 Å². The summed E-state index contributed by atoms with van der Waals surface area (Å²) in [6.07, 6.45) is 0. The van der Waals surface area contributed by atoms with Gasteiger partial charge in [0.1, 0.15) is 10.7 Å². The van der Waals surface area contributed by atoms with Crippen molar-refractivity contribution in [3.05, 3.63) is 59.4 Å². The van der Waals surface area contributed by atoms with Crippen LogP contribution >= 0.6 is 0 Å². The summed E-state index contributed by atoms with van der Waals surface area (Å²) in [5.74, 6) is -0.790. The molecule has 0 aliphatic heterocycles. The fraction of sp³-hybridized carbons (Fsp3) is 0.143. The summed E-state index contributed by atoms with van der Waals surface area (Å²) in [7, 11) is -3.97. The van der Waals surface area contributed by atoms with E-state index in [0.717, 1.165) is 11.6 Å². The van der Waals surface area contributed by atoms with Crippen LogP contribution in [0.15, 0.2) is 47.4 Å². The Morgan fingerprint density at radius 2 is 1.85 bits per heavy atom. The minimum absolute atomic E-state index is 0.196. The van der Waals surface area contributed by atoms with E-state index in [0.29, 0.717) is 11.3 Å². The highest BCUT2D eigenvalue weighted by atomic mass is 32.2. The lowest BCUT2D eigenvalue weighted by Gasteiger charge is -2.13. The fourth-order valence-corrected chi connectivity index (χ4v) is 3.10. The first kappa shape index (κ1) is 14.5. The number of nitrogens with two attached hydrogens (primary N) is 1. The van der Waals surface area contributed by atoms with E-state index < -0.39 is 15.8 Å². The maximum absolute atomic E-state index is 13.6. The Morgan fingerprint density at radius 1 is 1.15 bits per heavy atom. The molecule has 0 heterocycles. The number of nitrogens with one attached hydrogen (secondary N) is 1. The SMILES string of the molecule is Cc1cccc(NS(=O)(=O)c2ccccc2F)c1CN. The number of rotatable bonds is 4. The van der Waals surface area contributed by atoms with E-state index in [-0.39, 0.29) is 11.4 Å². The van der Waals surface area contributed by atoms with Gasteiger partial charge in [0.15, 0.2) is 0 Å². The van der Waals surface area contributed by atoms with Gasteiger partial charge in [-0.25, -0.2) is 12.8 Å². The highest BCUT2D eigenvalue weighted by molar-refractivity contribution is 7.92. The average Bonchev–Trinajstić information content (AvgIpc) is 2.39. The number of anilines is 1. The fourth-order valence-electron chi connectivity index (χ4n) is 1.93. The summed E-state index contributed by atoms with van der Waals surface area (Å²) in [5, 5.41) is 0. The molecule has 3 N–H and O–H groups in total. The zero-order valence-corrected chi connectivity index (χ0v) is 11.7. The van der Waals surface area contributed by atoms with Gasteiger partial charge in [-0.05, 0) is 36.2 Å². The van der Waals surface area contributed by atoms with Gasteiger partial charge in [0, 0.05) is 6.54 Å². The minimum atomic E-state index is -3.97. The van der Waals surface area contributed by atoms with E-state index >= 15 is 0 Å². The predicted molar refractivity (Wildman–Crippen MR) is 76.3 cm³/mol. The number of sulfonamides is 1. The lowest BCUT2D eigenvalue weighted by molar-refractivity contribution is 0.570. The molecule has 2 aromatic carbocycles. The van der Waals surface area contributed by atoms with E-state index in [1.165, 1.54) is 18.2 Å². The molecule has 6 heteroatoms. The lowest BCUT2D eigenvalue weighted by atomic mass is 10.1. The molecule has 0 unspecified atom stereocenters. The van der Waals surface area contributed by atoms with Crippen LogP contribution in [0, 0.1) is 12.7 Å². The van der Waals surface area contributed by atoms with Crippen molar-refractivity contribution in [1.82, 2.24) is 0 Å². The van der Waals surface area contributed by atoms with Crippen LogP contribution in [0.2, 0.25) is 0 Å². The molecule has 0 aliphatic carbocycles. The van der Waals surface area contributed by atoms with Gasteiger partial charge >= 0.3 is 0 Å². The summed E-state index contributed by atoms with van der Waals surface area (Å²) < 4.78 is 40.4. The van der Waals surface area contributed by atoms with Gasteiger partial charge in [-0.3, -0.25) is 4.72 Å². The Labute approximate surface area is 117 Å². The number of aryl methyl sites for hydroxylation is 1. The van der Waals surface area contributed by atoms with Gasteiger partial charge in [0.25, 0.3) is 10.0 Å². The largest absolute Gasteiger partial charge is 0.326 e. The van der Waals surface area contributed by atoms with Crippen LogP contribution in [0.4, 0.5) is 10.1 Å². The molecule has 0 saturated carbocycles. The number of hydrogen-bond acceptors (Lipinski definition) is 3. The van der Waals surface area contributed by atoms with Crippen LogP contribution in [0.25, 0.3) is 0 Å². The van der Waals surface area contributed by atoms with Crippen molar-refractivity contribution in [2.24, 2.45) is 5.73 Å². The molecule has 0 saturated heterocycles. The maximum atomic E-state index is 13.6. The first-order valence-corrected chi connectivity index (χ1v) is 7.50. The number of hydrogen-bond donors (Lipinski definition) is 2. The molecule has 0 aromatic heterocycles. The zero-order valence-electron chi connectivity index (χ0n) is 10.9. The third-order valence-electron chi connectivity index (χ3n) is 2.98. The van der Waals surface area contributed by atoms with Gasteiger partial charge in [-0.15, -0.1) is 0 Å². The highest BCUT2D eigenvalue weighted by Gasteiger charge is 2.19. The van der Waals surface area contributed by atoms with Crippen molar-refractivity contribution in [1.29, 1.82) is 0 Å². The summed E-state index contributed by atoms with van der Waals surface area (Å²) in [6, 6.07) is 10.4. The third kappa shape index (κ3) is 2.81. The Kier molecular flexibility index (Phi) is 4.06. The van der Waals surface area contributed by atoms with Crippen molar-refractivity contribution in [2.45, 2.75) is 18.4 Å². The molecule has 0 spiro atoms. The van der Waals surface area contributed by atoms with Crippen molar-refractivity contribution in [3.63, 3.8) is 0 Å². The molecule has 0 fully saturated rings. The van der Waals surface area contributed by atoms with E-state index in [4.69, 9.17) is 5.73 Å². The Balaban J connectivity index is 2.44. The van der Waals surface area contributed by atoms with E-state index in [2.05, 4.69) is 4.72 Å². The summed E-state index contributed by atoms with van der Waals surface area (Å²) >= 11 is 0. The molecule has 20 heavy (non-hydrogen) atoms. The maximum Gasteiger partial charge on any atom is 0.264 e. The second-order valence-electron chi connectivity index (χ2n) is 4.34. The molecule has 4 nitrogen and oxygen atoms in total. The molecule has 2 rings (SSSR count). The Morgan fingerprint density at radius 3 is 2.50 bits per heavy atom. The number of benzene rings is 2. The molecule has 106 valence electrons. The van der Waals surface area contributed by atoms with Crippen molar-refractivity contribution in [2.75, 3.05) is 4.72 Å². The molecule has 0 aliphatic rings. The summed E-state index contributed by atoms with van der Waals surface area (Å²) in [4.78, 5) is -0.385. The standard InChI is InChI=1S/C14H15FN2O2S/c1-10-5-4-7-13(11(10)9-16)17-20(18,19)14-8-3-2-6-12(14)15/h2-8,17H,9,16H2,1H3. The molecule has 0 bridgehead atoms. The zero-order chi connectivity index (χ0) is 14.8. The van der Waals surface area contributed by atoms with Gasteiger partial charge in [-0.2, -0.15) is 0 Å². The van der Waals surface area contributed by atoms with Crippen LogP contribution in [0.5, 0.6) is 0 Å². The first-order chi connectivity index (χ1) is 9.45. The van der Waals surface area contributed by atoms with Crippen molar-refractivity contribution in [3.8, 4) is 0 Å². The quantitative estimate of drug-likeness (QED) is 0.909. The van der Waals surface area contributed by atoms with Crippen LogP contribution in [-0.4, -0.2) is 8.42 Å². The smallest absolute Gasteiger partial charge is 0.264 e. The normalized spacial score (nSPS) is 11.3. The van der Waals surface area contributed by atoms with Crippen LogP contribution < -0.4 is 10.5 Å². The van der Waals surface area contributed by atoms with Crippen molar-refractivity contribution >= 4 is 15.7 Å². The van der Waals surface area contributed by atoms with Gasteiger partial charge in [-0.1, -0.05) is 24.3 Å². The summed E-state index contributed by atoms with van der Waals surface area (Å²) in [6.45, 7) is 2.03. The highest BCUT2D eigenvalue weighted by Crippen LogP contribution is 2.23. The van der Waals surface area contributed by atoms with E-state index in [1.54, 1.807) is 12.1 Å². The molecular formula is C14H15FN2O2S. The molecule has 0 radical (unpaired) electrons. The Hall–Kier alpha value is -1.92. The second kappa shape index (κ2) is 5.60. The lowest BCUT2D eigenvalue weighted by Crippen LogP contribution is -2.17. The topological polar surface area (TPSA) is 72.2 Å². The first-order valence-electron chi connectivity index (χ1n) is 6.01.